The Kier molecular flexibility index (Phi) is 3.02. The average molecular weight is 204 g/mol. The minimum atomic E-state index is 0.298. The Balaban J connectivity index is 2.13. The normalized spacial score (nSPS) is 21.4. The molecule has 0 radical (unpaired) electrons. The molecule has 3 nitrogen and oxygen atoms in total. The van der Waals surface area contributed by atoms with Crippen LogP contribution in [-0.2, 0) is 4.74 Å². The maximum atomic E-state index is 8.12. The van der Waals surface area contributed by atoms with Gasteiger partial charge in [0.15, 0.2) is 0 Å². The minimum absolute atomic E-state index is 0.298. The molecule has 3 heteroatoms. The van der Waals surface area contributed by atoms with Gasteiger partial charge in [-0.15, -0.1) is 0 Å². The van der Waals surface area contributed by atoms with E-state index >= 15 is 0 Å². The molecule has 1 aromatic carbocycles. The van der Waals surface area contributed by atoms with Gasteiger partial charge in [-0.2, -0.15) is 0 Å². The SMILES string of the molecule is CC1COCCN1C(=N)c1ccccc1. The standard InChI is InChI=1S/C12H16N2O/c1-10-9-15-8-7-14(10)12(13)11-5-3-2-4-6-11/h2-6,10,13H,7-9H2,1H3. The van der Waals surface area contributed by atoms with E-state index in [0.29, 0.717) is 11.9 Å². The van der Waals surface area contributed by atoms with E-state index in [4.69, 9.17) is 10.1 Å². The highest BCUT2D eigenvalue weighted by molar-refractivity contribution is 5.96. The molecule has 1 aromatic rings. The second-order valence-corrected chi connectivity index (χ2v) is 3.83. The molecular formula is C12H16N2O. The van der Waals surface area contributed by atoms with Crippen LogP contribution in [-0.4, -0.2) is 36.5 Å². The lowest BCUT2D eigenvalue weighted by Crippen LogP contribution is -2.47. The summed E-state index contributed by atoms with van der Waals surface area (Å²) in [5.41, 5.74) is 0.978. The summed E-state index contributed by atoms with van der Waals surface area (Å²) in [6.07, 6.45) is 0. The van der Waals surface area contributed by atoms with Crippen molar-refractivity contribution in [2.24, 2.45) is 0 Å². The van der Waals surface area contributed by atoms with Crippen LogP contribution in [0.25, 0.3) is 0 Å². The smallest absolute Gasteiger partial charge is 0.128 e. The Labute approximate surface area is 90.2 Å². The molecule has 1 aliphatic heterocycles. The van der Waals surface area contributed by atoms with E-state index in [1.54, 1.807) is 0 Å². The second-order valence-electron chi connectivity index (χ2n) is 3.83. The largest absolute Gasteiger partial charge is 0.377 e. The van der Waals surface area contributed by atoms with E-state index in [9.17, 15) is 0 Å². The summed E-state index contributed by atoms with van der Waals surface area (Å²) in [4.78, 5) is 2.10. The highest BCUT2D eigenvalue weighted by Gasteiger charge is 2.21. The van der Waals surface area contributed by atoms with Gasteiger partial charge in [-0.05, 0) is 6.92 Å². The number of rotatable bonds is 1. The zero-order valence-corrected chi connectivity index (χ0v) is 8.94. The molecule has 15 heavy (non-hydrogen) atoms. The van der Waals surface area contributed by atoms with Crippen LogP contribution in [0.2, 0.25) is 0 Å². The lowest BCUT2D eigenvalue weighted by atomic mass is 10.1. The summed E-state index contributed by atoms with van der Waals surface area (Å²) in [6, 6.07) is 10.2. The van der Waals surface area contributed by atoms with Gasteiger partial charge in [-0.1, -0.05) is 30.3 Å². The molecule has 0 amide bonds. The Morgan fingerprint density at radius 3 is 2.80 bits per heavy atom. The maximum Gasteiger partial charge on any atom is 0.128 e. The molecule has 0 saturated carbocycles. The van der Waals surface area contributed by atoms with Crippen molar-refractivity contribution in [1.29, 1.82) is 5.41 Å². The van der Waals surface area contributed by atoms with E-state index in [2.05, 4.69) is 11.8 Å². The van der Waals surface area contributed by atoms with E-state index in [1.165, 1.54) is 0 Å². The van der Waals surface area contributed by atoms with Crippen LogP contribution in [0, 0.1) is 5.41 Å². The molecule has 1 fully saturated rings. The van der Waals surface area contributed by atoms with E-state index in [1.807, 2.05) is 30.3 Å². The molecule has 1 N–H and O–H groups in total. The summed E-state index contributed by atoms with van der Waals surface area (Å²) in [6.45, 7) is 4.35. The summed E-state index contributed by atoms with van der Waals surface area (Å²) in [5, 5.41) is 8.12. The van der Waals surface area contributed by atoms with Gasteiger partial charge in [0, 0.05) is 12.1 Å². The number of nitrogens with one attached hydrogen (secondary N) is 1. The van der Waals surface area contributed by atoms with Gasteiger partial charge in [0.25, 0.3) is 0 Å². The molecule has 0 spiro atoms. The highest BCUT2D eigenvalue weighted by Crippen LogP contribution is 2.11. The second kappa shape index (κ2) is 4.45. The van der Waals surface area contributed by atoms with E-state index in [-0.39, 0.29) is 0 Å². The van der Waals surface area contributed by atoms with Crippen molar-refractivity contribution in [2.75, 3.05) is 19.8 Å². The number of hydrogen-bond donors (Lipinski definition) is 1. The van der Waals surface area contributed by atoms with Crippen molar-refractivity contribution in [3.63, 3.8) is 0 Å². The Morgan fingerprint density at radius 2 is 2.13 bits per heavy atom. The fourth-order valence-corrected chi connectivity index (χ4v) is 1.82. The van der Waals surface area contributed by atoms with Crippen LogP contribution < -0.4 is 0 Å². The first kappa shape index (κ1) is 10.2. The number of ether oxygens (including phenoxy) is 1. The molecule has 1 unspecified atom stereocenters. The van der Waals surface area contributed by atoms with Crippen LogP contribution in [0.3, 0.4) is 0 Å². The monoisotopic (exact) mass is 204 g/mol. The first-order valence-corrected chi connectivity index (χ1v) is 5.27. The first-order chi connectivity index (χ1) is 7.29. The van der Waals surface area contributed by atoms with E-state index < -0.39 is 0 Å². The van der Waals surface area contributed by atoms with Crippen molar-refractivity contribution in [2.45, 2.75) is 13.0 Å². The predicted octanol–water partition coefficient (Wildman–Crippen LogP) is 1.73. The summed E-state index contributed by atoms with van der Waals surface area (Å²) in [5.74, 6) is 0.603. The average Bonchev–Trinajstić information content (AvgIpc) is 2.30. The predicted molar refractivity (Wildman–Crippen MR) is 60.3 cm³/mol. The van der Waals surface area contributed by atoms with Crippen molar-refractivity contribution in [3.05, 3.63) is 35.9 Å². The number of amidine groups is 1. The lowest BCUT2D eigenvalue weighted by molar-refractivity contribution is 0.0331. The van der Waals surface area contributed by atoms with Gasteiger partial charge in [-0.3, -0.25) is 5.41 Å². The van der Waals surface area contributed by atoms with Crippen LogP contribution >= 0.6 is 0 Å². The third-order valence-electron chi connectivity index (χ3n) is 2.70. The third-order valence-corrected chi connectivity index (χ3v) is 2.70. The van der Waals surface area contributed by atoms with Crippen LogP contribution in [0.15, 0.2) is 30.3 Å². The molecule has 80 valence electrons. The van der Waals surface area contributed by atoms with Gasteiger partial charge in [0.1, 0.15) is 5.84 Å². The maximum absolute atomic E-state index is 8.12. The summed E-state index contributed by atoms with van der Waals surface area (Å²) >= 11 is 0. The molecule has 0 aromatic heterocycles. The quantitative estimate of drug-likeness (QED) is 0.558. The fraction of sp³-hybridized carbons (Fsp3) is 0.417. The lowest BCUT2D eigenvalue weighted by Gasteiger charge is -2.35. The number of hydrogen-bond acceptors (Lipinski definition) is 2. The Hall–Kier alpha value is -1.35. The van der Waals surface area contributed by atoms with E-state index in [0.717, 1.165) is 25.3 Å². The zero-order chi connectivity index (χ0) is 10.7. The number of nitrogens with zero attached hydrogens (tertiary/aromatic N) is 1. The molecule has 1 atom stereocenters. The topological polar surface area (TPSA) is 36.3 Å². The van der Waals surface area contributed by atoms with Gasteiger partial charge in [0.2, 0.25) is 0 Å². The summed E-state index contributed by atoms with van der Waals surface area (Å²) in [7, 11) is 0. The molecule has 1 heterocycles. The van der Waals surface area contributed by atoms with Crippen molar-refractivity contribution in [1.82, 2.24) is 4.90 Å². The van der Waals surface area contributed by atoms with Gasteiger partial charge >= 0.3 is 0 Å². The zero-order valence-electron chi connectivity index (χ0n) is 8.94. The molecule has 1 saturated heterocycles. The first-order valence-electron chi connectivity index (χ1n) is 5.27. The minimum Gasteiger partial charge on any atom is -0.377 e. The summed E-state index contributed by atoms with van der Waals surface area (Å²) < 4.78 is 5.36. The van der Waals surface area contributed by atoms with Gasteiger partial charge in [-0.25, -0.2) is 0 Å². The number of morpholine rings is 1. The van der Waals surface area contributed by atoms with Crippen molar-refractivity contribution >= 4 is 5.84 Å². The molecule has 0 aliphatic carbocycles. The molecule has 1 aliphatic rings. The Bertz CT molecular complexity index is 337. The number of benzene rings is 1. The third kappa shape index (κ3) is 2.18. The fourth-order valence-electron chi connectivity index (χ4n) is 1.82. The molecule has 0 bridgehead atoms. The van der Waals surface area contributed by atoms with Gasteiger partial charge < -0.3 is 9.64 Å². The van der Waals surface area contributed by atoms with Crippen LogP contribution in [0.5, 0.6) is 0 Å². The highest BCUT2D eigenvalue weighted by atomic mass is 16.5. The van der Waals surface area contributed by atoms with Gasteiger partial charge in [0.05, 0.1) is 19.3 Å². The van der Waals surface area contributed by atoms with Crippen molar-refractivity contribution in [3.8, 4) is 0 Å². The van der Waals surface area contributed by atoms with Crippen LogP contribution in [0.4, 0.5) is 0 Å². The Morgan fingerprint density at radius 1 is 1.40 bits per heavy atom. The van der Waals surface area contributed by atoms with Crippen molar-refractivity contribution < 1.29 is 4.74 Å². The molecular weight excluding hydrogens is 188 g/mol. The van der Waals surface area contributed by atoms with Crippen LogP contribution in [0.1, 0.15) is 12.5 Å². The molecule has 2 rings (SSSR count).